The zero-order valence-corrected chi connectivity index (χ0v) is 9.97. The van der Waals surface area contributed by atoms with Crippen molar-refractivity contribution in [2.45, 2.75) is 6.61 Å². The summed E-state index contributed by atoms with van der Waals surface area (Å²) in [5.41, 5.74) is -0.00340. The number of nitrogens with one attached hydrogen (secondary N) is 1. The number of hydrogen-bond donors (Lipinski definition) is 1. The van der Waals surface area contributed by atoms with E-state index in [0.717, 1.165) is 18.2 Å². The Hall–Kier alpha value is -1.95. The number of rotatable bonds is 3. The summed E-state index contributed by atoms with van der Waals surface area (Å²) in [5, 5.41) is 4.89. The van der Waals surface area contributed by atoms with Crippen LogP contribution in [0, 0.1) is 11.6 Å². The highest BCUT2D eigenvalue weighted by atomic mass is 32.1. The number of carbonyl (C=O) groups excluding carboxylic acids is 1. The Bertz CT molecular complexity index is 543. The maximum absolute atomic E-state index is 13.2. The van der Waals surface area contributed by atoms with Crippen LogP contribution in [0.25, 0.3) is 0 Å². The Labute approximate surface area is 106 Å². The molecule has 0 radical (unpaired) electrons. The predicted octanol–water partition coefficient (Wildman–Crippen LogP) is 3.78. The monoisotopic (exact) mass is 269 g/mol. The minimum atomic E-state index is -0.707. The molecule has 0 fully saturated rings. The molecule has 1 N–H and O–H groups in total. The van der Waals surface area contributed by atoms with E-state index in [-0.39, 0.29) is 12.2 Å². The van der Waals surface area contributed by atoms with Crippen LogP contribution >= 0.6 is 11.3 Å². The van der Waals surface area contributed by atoms with E-state index in [1.54, 1.807) is 17.5 Å². The Morgan fingerprint density at radius 1 is 1.33 bits per heavy atom. The van der Waals surface area contributed by atoms with Crippen LogP contribution in [0.4, 0.5) is 18.6 Å². The van der Waals surface area contributed by atoms with Gasteiger partial charge in [-0.05, 0) is 35.7 Å². The normalized spacial score (nSPS) is 10.1. The molecule has 18 heavy (non-hydrogen) atoms. The molecule has 1 heterocycles. The van der Waals surface area contributed by atoms with Gasteiger partial charge in [0.25, 0.3) is 0 Å². The van der Waals surface area contributed by atoms with Crippen molar-refractivity contribution in [3.63, 3.8) is 0 Å². The fourth-order valence-corrected chi connectivity index (χ4v) is 1.89. The highest BCUT2D eigenvalue weighted by Crippen LogP contribution is 2.16. The summed E-state index contributed by atoms with van der Waals surface area (Å²) in [6, 6.07) is 6.46. The number of anilines is 1. The number of hydrogen-bond acceptors (Lipinski definition) is 3. The standard InChI is InChI=1S/C12H9F2NO2S/c13-9-3-4-10(14)8(6-9)7-17-12(16)15-11-2-1-5-18-11/h1-6H,7H2,(H,15,16). The molecule has 0 saturated heterocycles. The van der Waals surface area contributed by atoms with E-state index in [1.165, 1.54) is 11.3 Å². The molecule has 0 aliphatic rings. The molecular weight excluding hydrogens is 260 g/mol. The van der Waals surface area contributed by atoms with Gasteiger partial charge in [0.15, 0.2) is 0 Å². The zero-order valence-electron chi connectivity index (χ0n) is 9.15. The third-order valence-electron chi connectivity index (χ3n) is 2.11. The minimum Gasteiger partial charge on any atom is -0.444 e. The highest BCUT2D eigenvalue weighted by Gasteiger charge is 2.08. The number of carbonyl (C=O) groups is 1. The third-order valence-corrected chi connectivity index (χ3v) is 2.90. The van der Waals surface area contributed by atoms with E-state index in [4.69, 9.17) is 4.74 Å². The Balaban J connectivity index is 1.91. The lowest BCUT2D eigenvalue weighted by Gasteiger charge is -2.06. The Kier molecular flexibility index (Phi) is 3.88. The van der Waals surface area contributed by atoms with Crippen molar-refractivity contribution < 1.29 is 18.3 Å². The van der Waals surface area contributed by atoms with Crippen molar-refractivity contribution >= 4 is 22.4 Å². The molecule has 1 amide bonds. The average Bonchev–Trinajstić information content (AvgIpc) is 2.83. The molecule has 6 heteroatoms. The summed E-state index contributed by atoms with van der Waals surface area (Å²) < 4.78 is 30.9. The van der Waals surface area contributed by atoms with Crippen LogP contribution in [-0.2, 0) is 11.3 Å². The van der Waals surface area contributed by atoms with Crippen molar-refractivity contribution in [3.8, 4) is 0 Å². The van der Waals surface area contributed by atoms with Gasteiger partial charge in [0, 0.05) is 5.56 Å². The van der Waals surface area contributed by atoms with Crippen molar-refractivity contribution in [2.75, 3.05) is 5.32 Å². The second-order valence-electron chi connectivity index (χ2n) is 3.41. The summed E-state index contributed by atoms with van der Waals surface area (Å²) in [4.78, 5) is 11.3. The second-order valence-corrected chi connectivity index (χ2v) is 4.36. The summed E-state index contributed by atoms with van der Waals surface area (Å²) in [6.45, 7) is -0.319. The topological polar surface area (TPSA) is 38.3 Å². The molecule has 2 rings (SSSR count). The van der Waals surface area contributed by atoms with Gasteiger partial charge >= 0.3 is 6.09 Å². The van der Waals surface area contributed by atoms with Gasteiger partial charge in [-0.15, -0.1) is 11.3 Å². The lowest BCUT2D eigenvalue weighted by atomic mass is 10.2. The minimum absolute atomic E-state index is 0.00340. The van der Waals surface area contributed by atoms with Crippen molar-refractivity contribution in [1.82, 2.24) is 0 Å². The molecule has 0 unspecified atom stereocenters. The van der Waals surface area contributed by atoms with Gasteiger partial charge in [-0.1, -0.05) is 0 Å². The number of halogens is 2. The van der Waals surface area contributed by atoms with Crippen LogP contribution in [0.2, 0.25) is 0 Å². The first-order valence-electron chi connectivity index (χ1n) is 5.06. The number of benzene rings is 1. The fourth-order valence-electron chi connectivity index (χ4n) is 1.28. The number of amides is 1. The first-order chi connectivity index (χ1) is 8.65. The van der Waals surface area contributed by atoms with Crippen LogP contribution in [0.3, 0.4) is 0 Å². The lowest BCUT2D eigenvalue weighted by Crippen LogP contribution is -2.13. The predicted molar refractivity (Wildman–Crippen MR) is 64.5 cm³/mol. The van der Waals surface area contributed by atoms with E-state index in [2.05, 4.69) is 5.32 Å². The molecule has 0 saturated carbocycles. The number of thiophene rings is 1. The van der Waals surface area contributed by atoms with Gasteiger partial charge in [-0.3, -0.25) is 5.32 Å². The largest absolute Gasteiger partial charge is 0.444 e. The molecule has 0 aliphatic heterocycles. The molecular formula is C12H9F2NO2S. The number of ether oxygens (including phenoxy) is 1. The van der Waals surface area contributed by atoms with Crippen molar-refractivity contribution in [2.24, 2.45) is 0 Å². The average molecular weight is 269 g/mol. The van der Waals surface area contributed by atoms with Crippen molar-refractivity contribution in [1.29, 1.82) is 0 Å². The Morgan fingerprint density at radius 3 is 2.89 bits per heavy atom. The smallest absolute Gasteiger partial charge is 0.412 e. The van der Waals surface area contributed by atoms with Gasteiger partial charge in [0.1, 0.15) is 18.2 Å². The molecule has 1 aromatic carbocycles. The lowest BCUT2D eigenvalue weighted by molar-refractivity contribution is 0.153. The maximum Gasteiger partial charge on any atom is 0.412 e. The van der Waals surface area contributed by atoms with Crippen LogP contribution in [-0.4, -0.2) is 6.09 Å². The Morgan fingerprint density at radius 2 is 2.17 bits per heavy atom. The zero-order chi connectivity index (χ0) is 13.0. The van der Waals surface area contributed by atoms with Crippen LogP contribution < -0.4 is 5.32 Å². The summed E-state index contributed by atoms with van der Waals surface area (Å²) in [7, 11) is 0. The van der Waals surface area contributed by atoms with E-state index >= 15 is 0 Å². The van der Waals surface area contributed by atoms with E-state index < -0.39 is 17.7 Å². The molecule has 0 bridgehead atoms. The van der Waals surface area contributed by atoms with Gasteiger partial charge in [-0.2, -0.15) is 0 Å². The van der Waals surface area contributed by atoms with Gasteiger partial charge in [0.05, 0.1) is 5.00 Å². The summed E-state index contributed by atoms with van der Waals surface area (Å²) in [5.74, 6) is -1.19. The van der Waals surface area contributed by atoms with Crippen LogP contribution in [0.15, 0.2) is 35.7 Å². The molecule has 2 aromatic rings. The van der Waals surface area contributed by atoms with E-state index in [0.29, 0.717) is 5.00 Å². The van der Waals surface area contributed by atoms with Gasteiger partial charge in [-0.25, -0.2) is 13.6 Å². The first kappa shape index (κ1) is 12.5. The maximum atomic E-state index is 13.2. The van der Waals surface area contributed by atoms with Crippen LogP contribution in [0.5, 0.6) is 0 Å². The SMILES string of the molecule is O=C(Nc1cccs1)OCc1cc(F)ccc1F. The first-order valence-corrected chi connectivity index (χ1v) is 5.94. The fraction of sp³-hybridized carbons (Fsp3) is 0.0833. The van der Waals surface area contributed by atoms with E-state index in [9.17, 15) is 13.6 Å². The molecule has 0 atom stereocenters. The van der Waals surface area contributed by atoms with Gasteiger partial charge < -0.3 is 4.74 Å². The molecule has 0 aliphatic carbocycles. The third kappa shape index (κ3) is 3.27. The quantitative estimate of drug-likeness (QED) is 0.921. The summed E-state index contributed by atoms with van der Waals surface area (Å²) in [6.07, 6.45) is -0.707. The van der Waals surface area contributed by atoms with Gasteiger partial charge in [0.2, 0.25) is 0 Å². The van der Waals surface area contributed by atoms with E-state index in [1.807, 2.05) is 0 Å². The highest BCUT2D eigenvalue weighted by molar-refractivity contribution is 7.14. The van der Waals surface area contributed by atoms with Crippen LogP contribution in [0.1, 0.15) is 5.56 Å². The molecule has 1 aromatic heterocycles. The molecule has 3 nitrogen and oxygen atoms in total. The molecule has 94 valence electrons. The summed E-state index contributed by atoms with van der Waals surface area (Å²) >= 11 is 1.33. The molecule has 0 spiro atoms. The van der Waals surface area contributed by atoms with Crippen molar-refractivity contribution in [3.05, 3.63) is 52.9 Å². The second kappa shape index (κ2) is 5.59.